The van der Waals surface area contributed by atoms with Gasteiger partial charge in [-0.05, 0) is 17.7 Å². The van der Waals surface area contributed by atoms with E-state index in [-0.39, 0.29) is 18.4 Å². The predicted molar refractivity (Wildman–Crippen MR) is 79.0 cm³/mol. The van der Waals surface area contributed by atoms with E-state index in [1.165, 1.54) is 6.26 Å². The Balaban J connectivity index is 1.79. The number of rotatable bonds is 3. The van der Waals surface area contributed by atoms with Gasteiger partial charge in [-0.2, -0.15) is 0 Å². The molecule has 3 rings (SSSR count). The van der Waals surface area contributed by atoms with Crippen molar-refractivity contribution in [3.8, 4) is 0 Å². The van der Waals surface area contributed by atoms with Gasteiger partial charge in [0.2, 0.25) is 5.91 Å². The quantitative estimate of drug-likeness (QED) is 0.943. The second-order valence-corrected chi connectivity index (χ2v) is 5.47. The van der Waals surface area contributed by atoms with E-state index in [0.717, 1.165) is 18.7 Å². The van der Waals surface area contributed by atoms with Gasteiger partial charge in [0.25, 0.3) is 0 Å². The second-order valence-electron chi connectivity index (χ2n) is 5.03. The van der Waals surface area contributed by atoms with E-state index in [0.29, 0.717) is 17.3 Å². The molecule has 1 unspecified atom stereocenters. The number of carbonyl (C=O) groups excluding carboxylic acids is 1. The number of aromatic nitrogens is 1. The van der Waals surface area contributed by atoms with Gasteiger partial charge < -0.3 is 14.7 Å². The number of halogens is 1. The lowest BCUT2D eigenvalue weighted by Crippen LogP contribution is -2.49. The highest BCUT2D eigenvalue weighted by molar-refractivity contribution is 6.30. The van der Waals surface area contributed by atoms with Gasteiger partial charge in [-0.3, -0.25) is 4.79 Å². The molecule has 6 heteroatoms. The molecular weight excluding hydrogens is 290 g/mol. The Kier molecular flexibility index (Phi) is 4.22. The lowest BCUT2D eigenvalue weighted by atomic mass is 10.0. The van der Waals surface area contributed by atoms with Crippen LogP contribution in [0.25, 0.3) is 0 Å². The average Bonchev–Trinajstić information content (AvgIpc) is 3.00. The average molecular weight is 306 g/mol. The third-order valence-electron chi connectivity index (χ3n) is 3.62. The summed E-state index contributed by atoms with van der Waals surface area (Å²) in [6, 6.07) is 9.37. The van der Waals surface area contributed by atoms with Crippen LogP contribution in [0.15, 0.2) is 41.1 Å². The molecule has 5 nitrogen and oxygen atoms in total. The Hall–Kier alpha value is -1.85. The topological polar surface area (TPSA) is 58.4 Å². The van der Waals surface area contributed by atoms with Crippen LogP contribution in [0.3, 0.4) is 0 Å². The molecule has 21 heavy (non-hydrogen) atoms. The zero-order chi connectivity index (χ0) is 14.7. The lowest BCUT2D eigenvalue weighted by molar-refractivity contribution is -0.133. The van der Waals surface area contributed by atoms with Gasteiger partial charge in [-0.25, -0.2) is 0 Å². The molecular formula is C15H16ClN3O2. The molecule has 0 saturated carbocycles. The maximum absolute atomic E-state index is 12.5. The van der Waals surface area contributed by atoms with Crippen molar-refractivity contribution in [1.82, 2.24) is 15.4 Å². The standard InChI is InChI=1S/C15H16ClN3O2/c16-12-3-1-2-11(8-12)14-10-17-5-6-19(14)15(20)9-13-4-7-21-18-13/h1-4,7-8,14,17H,5-6,9-10H2. The van der Waals surface area contributed by atoms with Gasteiger partial charge in [0.15, 0.2) is 0 Å². The van der Waals surface area contributed by atoms with E-state index < -0.39 is 0 Å². The summed E-state index contributed by atoms with van der Waals surface area (Å²) in [5.74, 6) is 0.0513. The zero-order valence-corrected chi connectivity index (χ0v) is 12.2. The normalized spacial score (nSPS) is 18.7. The van der Waals surface area contributed by atoms with Crippen LogP contribution in [-0.2, 0) is 11.2 Å². The first kappa shape index (κ1) is 14.1. The van der Waals surface area contributed by atoms with Crippen molar-refractivity contribution in [3.05, 3.63) is 52.9 Å². The van der Waals surface area contributed by atoms with Crippen molar-refractivity contribution in [2.24, 2.45) is 0 Å². The Morgan fingerprint density at radius 3 is 3.14 bits per heavy atom. The van der Waals surface area contributed by atoms with Crippen LogP contribution in [-0.4, -0.2) is 35.6 Å². The maximum atomic E-state index is 12.5. The van der Waals surface area contributed by atoms with E-state index in [9.17, 15) is 4.79 Å². The highest BCUT2D eigenvalue weighted by Gasteiger charge is 2.28. The third kappa shape index (κ3) is 3.25. The van der Waals surface area contributed by atoms with E-state index in [4.69, 9.17) is 16.1 Å². The first-order chi connectivity index (χ1) is 10.2. The summed E-state index contributed by atoms with van der Waals surface area (Å²) >= 11 is 6.06. The monoisotopic (exact) mass is 305 g/mol. The molecule has 1 fully saturated rings. The number of carbonyl (C=O) groups is 1. The number of nitrogens with zero attached hydrogens (tertiary/aromatic N) is 2. The molecule has 1 atom stereocenters. The summed E-state index contributed by atoms with van der Waals surface area (Å²) in [5.41, 5.74) is 1.70. The zero-order valence-electron chi connectivity index (χ0n) is 11.5. The molecule has 0 aliphatic carbocycles. The Labute approximate surface area is 127 Å². The molecule has 2 aromatic rings. The van der Waals surface area contributed by atoms with Crippen molar-refractivity contribution in [1.29, 1.82) is 0 Å². The lowest BCUT2D eigenvalue weighted by Gasteiger charge is -2.36. The first-order valence-electron chi connectivity index (χ1n) is 6.89. The molecule has 0 bridgehead atoms. The van der Waals surface area contributed by atoms with Crippen molar-refractivity contribution >= 4 is 17.5 Å². The minimum atomic E-state index is -0.00292. The van der Waals surface area contributed by atoms with E-state index >= 15 is 0 Å². The number of hydrogen-bond acceptors (Lipinski definition) is 4. The molecule has 110 valence electrons. The first-order valence-corrected chi connectivity index (χ1v) is 7.27. The number of piperazine rings is 1. The Morgan fingerprint density at radius 2 is 2.38 bits per heavy atom. The predicted octanol–water partition coefficient (Wildman–Crippen LogP) is 2.04. The maximum Gasteiger partial charge on any atom is 0.229 e. The van der Waals surface area contributed by atoms with Gasteiger partial charge in [-0.1, -0.05) is 28.9 Å². The molecule has 1 aliphatic heterocycles. The van der Waals surface area contributed by atoms with Gasteiger partial charge in [-0.15, -0.1) is 0 Å². The number of hydrogen-bond donors (Lipinski definition) is 1. The van der Waals surface area contributed by atoms with Crippen LogP contribution in [0.4, 0.5) is 0 Å². The summed E-state index contributed by atoms with van der Waals surface area (Å²) in [6.07, 6.45) is 1.74. The highest BCUT2D eigenvalue weighted by atomic mass is 35.5. The molecule has 1 N–H and O–H groups in total. The summed E-state index contributed by atoms with van der Waals surface area (Å²) in [4.78, 5) is 14.4. The molecule has 0 spiro atoms. The van der Waals surface area contributed by atoms with Crippen molar-refractivity contribution < 1.29 is 9.32 Å². The minimum Gasteiger partial charge on any atom is -0.364 e. The van der Waals surface area contributed by atoms with Crippen molar-refractivity contribution in [3.63, 3.8) is 0 Å². The number of amides is 1. The fourth-order valence-electron chi connectivity index (χ4n) is 2.60. The molecule has 1 saturated heterocycles. The van der Waals surface area contributed by atoms with Crippen LogP contribution in [0.1, 0.15) is 17.3 Å². The van der Waals surface area contributed by atoms with Gasteiger partial charge in [0.05, 0.1) is 18.2 Å². The third-order valence-corrected chi connectivity index (χ3v) is 3.86. The fraction of sp³-hybridized carbons (Fsp3) is 0.333. The van der Waals surface area contributed by atoms with Crippen LogP contribution in [0.5, 0.6) is 0 Å². The van der Waals surface area contributed by atoms with Crippen LogP contribution in [0.2, 0.25) is 5.02 Å². The summed E-state index contributed by atoms with van der Waals surface area (Å²) < 4.78 is 4.78. The SMILES string of the molecule is O=C(Cc1ccon1)N1CCNCC1c1cccc(Cl)c1. The molecule has 2 heterocycles. The van der Waals surface area contributed by atoms with E-state index in [1.807, 2.05) is 29.2 Å². The Bertz CT molecular complexity index is 615. The second kappa shape index (κ2) is 6.28. The minimum absolute atomic E-state index is 0.00292. The summed E-state index contributed by atoms with van der Waals surface area (Å²) in [6.45, 7) is 2.19. The van der Waals surface area contributed by atoms with Gasteiger partial charge >= 0.3 is 0 Å². The highest BCUT2D eigenvalue weighted by Crippen LogP contribution is 2.25. The van der Waals surface area contributed by atoms with E-state index in [2.05, 4.69) is 10.5 Å². The van der Waals surface area contributed by atoms with Crippen LogP contribution in [0, 0.1) is 0 Å². The summed E-state index contributed by atoms with van der Waals surface area (Å²) in [7, 11) is 0. The molecule has 0 radical (unpaired) electrons. The molecule has 1 aromatic heterocycles. The smallest absolute Gasteiger partial charge is 0.229 e. The largest absolute Gasteiger partial charge is 0.364 e. The number of benzene rings is 1. The number of nitrogens with one attached hydrogen (secondary N) is 1. The van der Waals surface area contributed by atoms with Crippen molar-refractivity contribution in [2.45, 2.75) is 12.5 Å². The van der Waals surface area contributed by atoms with Gasteiger partial charge in [0.1, 0.15) is 6.26 Å². The Morgan fingerprint density at radius 1 is 1.48 bits per heavy atom. The van der Waals surface area contributed by atoms with Crippen LogP contribution < -0.4 is 5.32 Å². The molecule has 1 aliphatic rings. The summed E-state index contributed by atoms with van der Waals surface area (Å²) in [5, 5.41) is 7.81. The molecule has 1 aromatic carbocycles. The van der Waals surface area contributed by atoms with E-state index in [1.54, 1.807) is 6.07 Å². The fourth-order valence-corrected chi connectivity index (χ4v) is 2.80. The molecule has 1 amide bonds. The van der Waals surface area contributed by atoms with Gasteiger partial charge in [0, 0.05) is 30.7 Å². The van der Waals surface area contributed by atoms with Crippen LogP contribution >= 0.6 is 11.6 Å². The van der Waals surface area contributed by atoms with Crippen molar-refractivity contribution in [2.75, 3.05) is 19.6 Å².